The number of thioether (sulfide) groups is 1. The van der Waals surface area contributed by atoms with Gasteiger partial charge >= 0.3 is 11.9 Å². The second-order valence-corrected chi connectivity index (χ2v) is 12.4. The summed E-state index contributed by atoms with van der Waals surface area (Å²) in [7, 11) is 1.36. The van der Waals surface area contributed by atoms with Crippen LogP contribution in [0.5, 0.6) is 0 Å². The van der Waals surface area contributed by atoms with E-state index in [1.807, 2.05) is 18.2 Å². The zero-order valence-electron chi connectivity index (χ0n) is 28.6. The van der Waals surface area contributed by atoms with Crippen LogP contribution in [0.1, 0.15) is 76.9 Å². The van der Waals surface area contributed by atoms with Crippen molar-refractivity contribution < 1.29 is 38.4 Å². The number of methoxy groups -OCH3 is 1. The molecule has 0 amide bonds. The summed E-state index contributed by atoms with van der Waals surface area (Å²) in [5, 5.41) is 20.2. The van der Waals surface area contributed by atoms with E-state index in [0.29, 0.717) is 91.3 Å². The quantitative estimate of drug-likeness (QED) is 0.168. The molecule has 1 aliphatic heterocycles. The van der Waals surface area contributed by atoms with Crippen LogP contribution in [-0.4, -0.2) is 129 Å². The van der Waals surface area contributed by atoms with Gasteiger partial charge in [0, 0.05) is 38.5 Å². The number of carbonyl (C=O) groups excluding carboxylic acids is 1. The van der Waals surface area contributed by atoms with Crippen molar-refractivity contribution in [1.29, 1.82) is 5.26 Å². The fraction of sp³-hybridized carbons (Fsp3) is 0.629. The third kappa shape index (κ3) is 16.4. The number of hydrogen-bond acceptors (Lipinski definition) is 13. The third-order valence-electron chi connectivity index (χ3n) is 8.04. The smallest absolute Gasteiger partial charge is 0.356 e. The Morgan fingerprint density at radius 2 is 1.43 bits per heavy atom. The van der Waals surface area contributed by atoms with E-state index in [2.05, 4.69) is 20.2 Å². The molecular weight excluding hydrogens is 650 g/mol. The van der Waals surface area contributed by atoms with Gasteiger partial charge in [0.2, 0.25) is 0 Å². The maximum Gasteiger partial charge on any atom is 0.356 e. The molecule has 14 heteroatoms. The van der Waals surface area contributed by atoms with Gasteiger partial charge in [-0.2, -0.15) is 5.26 Å². The molecule has 1 fully saturated rings. The molecule has 0 aliphatic carbocycles. The summed E-state index contributed by atoms with van der Waals surface area (Å²) >= 11 is 1.31. The largest absolute Gasteiger partial charge is 0.477 e. The number of unbranched alkanes of at least 4 members (excludes halogenated alkanes) is 4. The van der Waals surface area contributed by atoms with Crippen LogP contribution in [0.3, 0.4) is 0 Å². The number of carbonyl (C=O) groups is 2. The number of nitrogens with zero attached hydrogens (tertiary/aromatic N) is 5. The number of aromatic nitrogens is 2. The number of pyridine rings is 2. The van der Waals surface area contributed by atoms with Crippen molar-refractivity contribution in [1.82, 2.24) is 19.8 Å². The lowest BCUT2D eigenvalue weighted by Crippen LogP contribution is -2.36. The van der Waals surface area contributed by atoms with Gasteiger partial charge in [-0.3, -0.25) is 9.80 Å². The first kappa shape index (κ1) is 40.3. The van der Waals surface area contributed by atoms with Crippen LogP contribution in [-0.2, 0) is 30.2 Å². The van der Waals surface area contributed by atoms with Gasteiger partial charge in [-0.25, -0.2) is 19.6 Å². The molecule has 1 saturated heterocycles. The number of thiocyanates is 1. The molecule has 2 aromatic rings. The molecule has 270 valence electrons. The maximum absolute atomic E-state index is 12.3. The Balaban J connectivity index is 1.59. The lowest BCUT2D eigenvalue weighted by molar-refractivity contribution is 0.000254. The second kappa shape index (κ2) is 24.9. The Bertz CT molecular complexity index is 1260. The van der Waals surface area contributed by atoms with Crippen LogP contribution >= 0.6 is 11.8 Å². The molecule has 49 heavy (non-hydrogen) atoms. The van der Waals surface area contributed by atoms with E-state index in [1.54, 1.807) is 12.1 Å². The van der Waals surface area contributed by atoms with Crippen molar-refractivity contribution in [2.24, 2.45) is 0 Å². The SMILES string of the molecule is COC(=O)c1cccc(C(CCCCCCCSC#N)N2CCOCCOCCN(Cc3cccc(C(=O)O)n3)CCOCCOCC2)n1. The van der Waals surface area contributed by atoms with E-state index < -0.39 is 11.9 Å². The minimum Gasteiger partial charge on any atom is -0.477 e. The molecule has 0 radical (unpaired) electrons. The Morgan fingerprint density at radius 3 is 2.06 bits per heavy atom. The topological polar surface area (TPSA) is 157 Å². The molecule has 1 atom stereocenters. The highest BCUT2D eigenvalue weighted by Crippen LogP contribution is 2.26. The van der Waals surface area contributed by atoms with E-state index in [0.717, 1.165) is 50.0 Å². The number of hydrogen-bond donors (Lipinski definition) is 1. The minimum absolute atomic E-state index is 0.0234. The number of carboxylic acid groups (broad SMARTS) is 1. The van der Waals surface area contributed by atoms with E-state index in [-0.39, 0.29) is 17.4 Å². The maximum atomic E-state index is 12.3. The van der Waals surface area contributed by atoms with Crippen LogP contribution < -0.4 is 0 Å². The van der Waals surface area contributed by atoms with Crippen LogP contribution in [0.4, 0.5) is 0 Å². The summed E-state index contributed by atoms with van der Waals surface area (Å²) in [6, 6.07) is 10.5. The normalized spacial score (nSPS) is 17.3. The number of esters is 1. The monoisotopic (exact) mass is 701 g/mol. The Kier molecular flexibility index (Phi) is 20.5. The minimum atomic E-state index is -1.05. The summed E-state index contributed by atoms with van der Waals surface area (Å²) in [5.74, 6) is -0.644. The van der Waals surface area contributed by atoms with Crippen molar-refractivity contribution in [2.75, 3.05) is 91.9 Å². The van der Waals surface area contributed by atoms with Gasteiger partial charge in [0.15, 0.2) is 0 Å². The first-order valence-corrected chi connectivity index (χ1v) is 18.0. The van der Waals surface area contributed by atoms with Crippen molar-refractivity contribution in [3.63, 3.8) is 0 Å². The zero-order chi connectivity index (χ0) is 34.9. The number of ether oxygens (including phenoxy) is 5. The number of aromatic carboxylic acids is 1. The average Bonchev–Trinajstić information content (AvgIpc) is 3.11. The lowest BCUT2D eigenvalue weighted by Gasteiger charge is -2.32. The van der Waals surface area contributed by atoms with Crippen LogP contribution in [0.25, 0.3) is 0 Å². The van der Waals surface area contributed by atoms with Gasteiger partial charge in [0.05, 0.1) is 77.4 Å². The van der Waals surface area contributed by atoms with Crippen molar-refractivity contribution in [2.45, 2.75) is 51.1 Å². The van der Waals surface area contributed by atoms with Gasteiger partial charge in [-0.05, 0) is 48.9 Å². The van der Waals surface area contributed by atoms with Crippen LogP contribution in [0.2, 0.25) is 0 Å². The highest BCUT2D eigenvalue weighted by atomic mass is 32.2. The van der Waals surface area contributed by atoms with Crippen molar-refractivity contribution in [3.8, 4) is 5.40 Å². The highest BCUT2D eigenvalue weighted by Gasteiger charge is 2.23. The van der Waals surface area contributed by atoms with Crippen molar-refractivity contribution in [3.05, 3.63) is 59.2 Å². The van der Waals surface area contributed by atoms with Gasteiger partial charge in [0.1, 0.15) is 16.8 Å². The summed E-state index contributed by atoms with van der Waals surface area (Å²) in [6.07, 6.45) is 6.18. The predicted octanol–water partition coefficient (Wildman–Crippen LogP) is 4.44. The molecule has 13 nitrogen and oxygen atoms in total. The number of nitriles is 1. The van der Waals surface area contributed by atoms with Gasteiger partial charge in [0.25, 0.3) is 0 Å². The first-order valence-electron chi connectivity index (χ1n) is 17.0. The predicted molar refractivity (Wildman–Crippen MR) is 185 cm³/mol. The van der Waals surface area contributed by atoms with Crippen LogP contribution in [0, 0.1) is 10.7 Å². The molecule has 1 unspecified atom stereocenters. The average molecular weight is 702 g/mol. The Morgan fingerprint density at radius 1 is 0.837 bits per heavy atom. The molecule has 0 bridgehead atoms. The summed E-state index contributed by atoms with van der Waals surface area (Å²) in [4.78, 5) is 37.1. The van der Waals surface area contributed by atoms with Gasteiger partial charge < -0.3 is 28.8 Å². The van der Waals surface area contributed by atoms with E-state index in [1.165, 1.54) is 24.9 Å². The third-order valence-corrected chi connectivity index (χ3v) is 8.66. The van der Waals surface area contributed by atoms with Crippen LogP contribution in [0.15, 0.2) is 36.4 Å². The fourth-order valence-corrected chi connectivity index (χ4v) is 5.90. The molecule has 0 aromatic carbocycles. The summed E-state index contributed by atoms with van der Waals surface area (Å²) in [5.41, 5.74) is 1.80. The molecule has 3 rings (SSSR count). The van der Waals surface area contributed by atoms with E-state index >= 15 is 0 Å². The Hall–Kier alpha value is -3.16. The van der Waals surface area contributed by atoms with Crippen molar-refractivity contribution >= 4 is 23.7 Å². The highest BCUT2D eigenvalue weighted by molar-refractivity contribution is 8.03. The van der Waals surface area contributed by atoms with Gasteiger partial charge in [-0.15, -0.1) is 0 Å². The summed E-state index contributed by atoms with van der Waals surface area (Å²) < 4.78 is 28.7. The standard InChI is InChI=1S/C35H51N5O8S/c1-44-35(43)32-12-8-10-30(38-32)33(13-5-3-2-4-6-26-49-28-36)40-16-20-47-24-22-45-18-14-39(15-19-46-23-25-48-21-17-40)27-29-9-7-11-31(37-29)34(41)42/h7-12,33H,2-6,13-27H2,1H3,(H,41,42). The molecule has 1 N–H and O–H groups in total. The molecular formula is C35H51N5O8S. The fourth-order valence-electron chi connectivity index (χ4n) is 5.46. The second-order valence-electron chi connectivity index (χ2n) is 11.5. The Labute approximate surface area is 294 Å². The molecule has 0 saturated carbocycles. The summed E-state index contributed by atoms with van der Waals surface area (Å²) in [6.45, 7) is 6.78. The number of rotatable bonds is 14. The molecule has 3 heterocycles. The molecule has 2 aromatic heterocycles. The van der Waals surface area contributed by atoms with E-state index in [9.17, 15) is 14.7 Å². The number of carboxylic acids is 1. The first-order chi connectivity index (χ1) is 24.0. The van der Waals surface area contributed by atoms with E-state index in [4.69, 9.17) is 33.9 Å². The van der Waals surface area contributed by atoms with Gasteiger partial charge in [-0.1, -0.05) is 37.8 Å². The molecule has 0 spiro atoms. The lowest BCUT2D eigenvalue weighted by atomic mass is 10.0. The zero-order valence-corrected chi connectivity index (χ0v) is 29.4. The molecule has 1 aliphatic rings.